The van der Waals surface area contributed by atoms with E-state index >= 15 is 0 Å². The van der Waals surface area contributed by atoms with Crippen LogP contribution in [-0.4, -0.2) is 51.6 Å². The highest BCUT2D eigenvalue weighted by Gasteiger charge is 2.70. The van der Waals surface area contributed by atoms with Crippen molar-refractivity contribution < 1.29 is 28.9 Å². The van der Waals surface area contributed by atoms with E-state index in [0.717, 1.165) is 42.3 Å². The molecule has 0 amide bonds. The highest BCUT2D eigenvalue weighted by atomic mass is 32.2. The Labute approximate surface area is 250 Å². The van der Waals surface area contributed by atoms with Crippen LogP contribution in [0.2, 0.25) is 0 Å². The van der Waals surface area contributed by atoms with Gasteiger partial charge in [-0.25, -0.2) is 14.2 Å². The molecule has 4 aliphatic rings. The van der Waals surface area contributed by atoms with E-state index in [4.69, 9.17) is 20.2 Å². The lowest BCUT2D eigenvalue weighted by molar-refractivity contribution is -0.193. The van der Waals surface area contributed by atoms with Crippen LogP contribution in [-0.2, 0) is 9.47 Å². The number of carbonyl (C=O) groups excluding carboxylic acids is 1. The van der Waals surface area contributed by atoms with Gasteiger partial charge in [0.2, 0.25) is 0 Å². The number of aliphatic hydroxyl groups excluding tert-OH is 2. The summed E-state index contributed by atoms with van der Waals surface area (Å²) in [5.41, 5.74) is 6.11. The van der Waals surface area contributed by atoms with Crippen LogP contribution in [0.3, 0.4) is 0 Å². The number of halogens is 1. The van der Waals surface area contributed by atoms with Gasteiger partial charge in [-0.1, -0.05) is 19.4 Å². The second-order valence-electron chi connectivity index (χ2n) is 12.5. The van der Waals surface area contributed by atoms with E-state index in [1.54, 1.807) is 25.3 Å². The van der Waals surface area contributed by atoms with Crippen LogP contribution < -0.4 is 5.73 Å². The average molecular weight is 598 g/mol. The molecule has 10 heteroatoms. The third-order valence-corrected chi connectivity index (χ3v) is 11.6. The molecule has 0 spiro atoms. The van der Waals surface area contributed by atoms with Gasteiger partial charge in [-0.05, 0) is 111 Å². The fraction of sp³-hybridized carbons (Fsp3) is 0.594. The monoisotopic (exact) mass is 597 g/mol. The highest BCUT2D eigenvalue weighted by Crippen LogP contribution is 2.69. The molecule has 3 saturated carbocycles. The summed E-state index contributed by atoms with van der Waals surface area (Å²) in [5.74, 6) is -0.140. The summed E-state index contributed by atoms with van der Waals surface area (Å²) in [5, 5.41) is 32.6. The van der Waals surface area contributed by atoms with Gasteiger partial charge >= 0.3 is 6.16 Å². The maximum atomic E-state index is 13.5. The van der Waals surface area contributed by atoms with Crippen molar-refractivity contribution in [3.63, 3.8) is 0 Å². The van der Waals surface area contributed by atoms with Gasteiger partial charge in [0.05, 0.1) is 35.9 Å². The molecule has 0 heterocycles. The first-order valence-electron chi connectivity index (χ1n) is 14.7. The topological polar surface area (TPSA) is 138 Å². The molecule has 4 N–H and O–H groups in total. The van der Waals surface area contributed by atoms with Crippen LogP contribution in [0.1, 0.15) is 59.3 Å². The van der Waals surface area contributed by atoms with Gasteiger partial charge in [-0.2, -0.15) is 5.26 Å². The largest absolute Gasteiger partial charge is 0.508 e. The van der Waals surface area contributed by atoms with Crippen molar-refractivity contribution in [1.29, 1.82) is 5.26 Å². The molecule has 4 unspecified atom stereocenters. The van der Waals surface area contributed by atoms with Crippen LogP contribution in [0.4, 0.5) is 14.9 Å². The summed E-state index contributed by atoms with van der Waals surface area (Å²) in [4.78, 5) is 17.5. The Bertz CT molecular complexity index is 1340. The smallest absolute Gasteiger partial charge is 0.435 e. The molecule has 0 aromatic heterocycles. The standard InChI is InChI=1S/C32H40FN3O5S/c1-4-40-29(39)41-32(28(38)42-14-13-34)12-11-24-23-10-5-20-15-25(36-22-8-6-21(33)7-9-22)19(18-35)16-30(20,2)27(23)26(37)17-31(24,32)3/h6-9,15,18,23-24,26-28,37-38H,4-5,10-12,14,16-17,35H2,1-3H3/t23-,24?,26?,27?,28?,30-,31-,32-/m0/s1. The van der Waals surface area contributed by atoms with Crippen molar-refractivity contribution in [2.45, 2.75) is 76.4 Å². The quantitative estimate of drug-likeness (QED) is 0.278. The molecule has 0 radical (unpaired) electrons. The number of thioether (sulfide) groups is 1. The molecule has 1 aromatic rings. The van der Waals surface area contributed by atoms with Crippen molar-refractivity contribution in [3.05, 3.63) is 53.5 Å². The minimum Gasteiger partial charge on any atom is -0.435 e. The summed E-state index contributed by atoms with van der Waals surface area (Å²) in [6.07, 6.45) is 5.85. The van der Waals surface area contributed by atoms with E-state index in [-0.39, 0.29) is 41.3 Å². The maximum Gasteiger partial charge on any atom is 0.508 e. The molecule has 8 atom stereocenters. The van der Waals surface area contributed by atoms with Crippen LogP contribution in [0, 0.1) is 45.7 Å². The van der Waals surface area contributed by atoms with Gasteiger partial charge in [0, 0.05) is 5.41 Å². The van der Waals surface area contributed by atoms with Crippen molar-refractivity contribution in [1.82, 2.24) is 0 Å². The molecule has 0 saturated heterocycles. The zero-order valence-corrected chi connectivity index (χ0v) is 25.2. The van der Waals surface area contributed by atoms with Gasteiger partial charge in [0.15, 0.2) is 5.60 Å². The Kier molecular flexibility index (Phi) is 8.49. The molecule has 3 fully saturated rings. The number of allylic oxidation sites excluding steroid dienone is 3. The first-order chi connectivity index (χ1) is 20.0. The lowest BCUT2D eigenvalue weighted by Crippen LogP contribution is -2.63. The summed E-state index contributed by atoms with van der Waals surface area (Å²) in [7, 11) is 0. The molecular formula is C32H40FN3O5S. The third kappa shape index (κ3) is 4.93. The summed E-state index contributed by atoms with van der Waals surface area (Å²) in [6.45, 7) is 6.06. The fourth-order valence-corrected chi connectivity index (χ4v) is 9.72. The number of hydrogen-bond donors (Lipinski definition) is 3. The van der Waals surface area contributed by atoms with Crippen molar-refractivity contribution in [2.75, 3.05) is 12.4 Å². The Morgan fingerprint density at radius 1 is 1.33 bits per heavy atom. The first kappa shape index (κ1) is 30.6. The number of aliphatic imine (C=N–C) groups is 1. The maximum absolute atomic E-state index is 13.5. The second-order valence-corrected chi connectivity index (χ2v) is 13.6. The van der Waals surface area contributed by atoms with Gasteiger partial charge in [-0.3, -0.25) is 0 Å². The number of hydrogen-bond acceptors (Lipinski definition) is 9. The number of ether oxygens (including phenoxy) is 2. The summed E-state index contributed by atoms with van der Waals surface area (Å²) < 4.78 is 24.6. The summed E-state index contributed by atoms with van der Waals surface area (Å²) in [6, 6.07) is 8.10. The van der Waals surface area contributed by atoms with Crippen LogP contribution >= 0.6 is 11.8 Å². The number of aliphatic hydroxyl groups is 2. The molecule has 0 bridgehead atoms. The Morgan fingerprint density at radius 3 is 2.74 bits per heavy atom. The van der Waals surface area contributed by atoms with Crippen molar-refractivity contribution in [2.24, 2.45) is 39.3 Å². The zero-order valence-electron chi connectivity index (χ0n) is 24.4. The summed E-state index contributed by atoms with van der Waals surface area (Å²) >= 11 is 1.06. The van der Waals surface area contributed by atoms with Crippen LogP contribution in [0.5, 0.6) is 0 Å². The van der Waals surface area contributed by atoms with Gasteiger partial charge in [0.25, 0.3) is 0 Å². The number of nitriles is 1. The molecular weight excluding hydrogens is 557 g/mol. The number of carbonyl (C=O) groups is 1. The van der Waals surface area contributed by atoms with E-state index in [0.29, 0.717) is 24.9 Å². The van der Waals surface area contributed by atoms with Gasteiger partial charge in [-0.15, -0.1) is 11.8 Å². The molecule has 5 rings (SSSR count). The Hall–Kier alpha value is -2.87. The molecule has 4 aliphatic carbocycles. The zero-order chi connectivity index (χ0) is 30.3. The molecule has 226 valence electrons. The van der Waals surface area contributed by atoms with Crippen LogP contribution in [0.15, 0.2) is 52.7 Å². The second kappa shape index (κ2) is 11.7. The Morgan fingerprint density at radius 2 is 2.07 bits per heavy atom. The molecule has 42 heavy (non-hydrogen) atoms. The number of fused-ring (bicyclic) bond motifs is 5. The first-order valence-corrected chi connectivity index (χ1v) is 15.7. The number of nitrogens with zero attached hydrogens (tertiary/aromatic N) is 2. The Balaban J connectivity index is 1.50. The van der Waals surface area contributed by atoms with Crippen molar-refractivity contribution >= 4 is 29.3 Å². The fourth-order valence-electron chi connectivity index (χ4n) is 8.78. The lowest BCUT2D eigenvalue weighted by atomic mass is 9.45. The van der Waals surface area contributed by atoms with E-state index < -0.39 is 28.7 Å². The SMILES string of the molecule is CCOC(=O)O[C@]1(C(O)SCC#N)CCC2[C@@H]3CCC4=CC(=Nc5ccc(F)cc5)C(=CN)C[C@]4(C)C3C(O)C[C@@]21C. The van der Waals surface area contributed by atoms with Crippen LogP contribution in [0.25, 0.3) is 0 Å². The van der Waals surface area contributed by atoms with E-state index in [2.05, 4.69) is 19.1 Å². The van der Waals surface area contributed by atoms with E-state index in [9.17, 15) is 24.7 Å². The molecule has 1 aromatic carbocycles. The number of rotatable bonds is 6. The van der Waals surface area contributed by atoms with E-state index in [1.807, 2.05) is 6.92 Å². The van der Waals surface area contributed by atoms with Gasteiger partial charge in [0.1, 0.15) is 11.3 Å². The predicted molar refractivity (Wildman–Crippen MR) is 159 cm³/mol. The minimum atomic E-state index is -1.29. The number of benzene rings is 1. The highest BCUT2D eigenvalue weighted by molar-refractivity contribution is 8.00. The van der Waals surface area contributed by atoms with E-state index in [1.165, 1.54) is 17.7 Å². The minimum absolute atomic E-state index is 0.0483. The van der Waals surface area contributed by atoms with Gasteiger partial charge < -0.3 is 25.4 Å². The molecule has 0 aliphatic heterocycles. The van der Waals surface area contributed by atoms with Crippen molar-refractivity contribution in [3.8, 4) is 6.07 Å². The number of nitrogens with two attached hydrogens (primary N) is 1. The lowest BCUT2D eigenvalue weighted by Gasteiger charge is -2.61. The molecule has 8 nitrogen and oxygen atoms in total. The third-order valence-electron chi connectivity index (χ3n) is 10.6. The predicted octanol–water partition coefficient (Wildman–Crippen LogP) is 5.77. The average Bonchev–Trinajstić information content (AvgIpc) is 3.24. The normalized spacial score (nSPS) is 38.1.